The van der Waals surface area contributed by atoms with Crippen LogP contribution in [-0.2, 0) is 0 Å². The Hall–Kier alpha value is -1.14. The van der Waals surface area contributed by atoms with Crippen molar-refractivity contribution in [2.75, 3.05) is 11.9 Å². The number of aliphatic hydroxyl groups excluding tert-OH is 1. The number of nitrogens with one attached hydrogen (secondary N) is 2. The maximum absolute atomic E-state index is 12.9. The Bertz CT molecular complexity index is 456. The van der Waals surface area contributed by atoms with Gasteiger partial charge in [-0.25, -0.2) is 9.18 Å². The molecule has 0 fully saturated rings. The zero-order valence-corrected chi connectivity index (χ0v) is 12.6. The van der Waals surface area contributed by atoms with Crippen LogP contribution in [0, 0.1) is 5.82 Å². The van der Waals surface area contributed by atoms with Gasteiger partial charge in [0.15, 0.2) is 0 Å². The molecule has 1 rings (SSSR count). The predicted molar refractivity (Wildman–Crippen MR) is 76.7 cm³/mol. The van der Waals surface area contributed by atoms with Gasteiger partial charge in [-0.05, 0) is 47.5 Å². The molecule has 19 heavy (non-hydrogen) atoms. The number of anilines is 1. The monoisotopic (exact) mass is 332 g/mol. The van der Waals surface area contributed by atoms with Crippen LogP contribution < -0.4 is 10.6 Å². The minimum absolute atomic E-state index is 0.140. The first kappa shape index (κ1) is 15.9. The van der Waals surface area contributed by atoms with E-state index in [0.29, 0.717) is 16.6 Å². The van der Waals surface area contributed by atoms with Gasteiger partial charge < -0.3 is 15.7 Å². The first-order chi connectivity index (χ1) is 8.90. The topological polar surface area (TPSA) is 61.4 Å². The lowest BCUT2D eigenvalue weighted by molar-refractivity contribution is 0.167. The van der Waals surface area contributed by atoms with Gasteiger partial charge in [-0.2, -0.15) is 0 Å². The Labute approximate surface area is 120 Å². The molecule has 0 radical (unpaired) electrons. The van der Waals surface area contributed by atoms with Crippen molar-refractivity contribution in [3.63, 3.8) is 0 Å². The number of hydrogen-bond donors (Lipinski definition) is 3. The van der Waals surface area contributed by atoms with E-state index >= 15 is 0 Å². The van der Waals surface area contributed by atoms with Crippen molar-refractivity contribution < 1.29 is 14.3 Å². The van der Waals surface area contributed by atoms with Crippen LogP contribution in [0.5, 0.6) is 0 Å². The van der Waals surface area contributed by atoms with Gasteiger partial charge in [-0.1, -0.05) is 13.3 Å². The van der Waals surface area contributed by atoms with E-state index in [1.165, 1.54) is 18.2 Å². The van der Waals surface area contributed by atoms with Crippen molar-refractivity contribution in [2.45, 2.75) is 32.2 Å². The van der Waals surface area contributed by atoms with Gasteiger partial charge in [-0.15, -0.1) is 0 Å². The third-order valence-electron chi connectivity index (χ3n) is 2.75. The molecule has 0 aliphatic heterocycles. The molecule has 0 spiro atoms. The number of amides is 2. The van der Waals surface area contributed by atoms with Gasteiger partial charge in [-0.3, -0.25) is 0 Å². The van der Waals surface area contributed by atoms with E-state index in [2.05, 4.69) is 26.6 Å². The number of aliphatic hydroxyl groups is 1. The molecule has 0 aliphatic rings. The number of benzene rings is 1. The molecule has 1 unspecified atom stereocenters. The maximum Gasteiger partial charge on any atom is 0.319 e. The minimum atomic E-state index is -0.661. The Morgan fingerprint density at radius 3 is 2.74 bits per heavy atom. The lowest BCUT2D eigenvalue weighted by Crippen LogP contribution is -2.50. The molecule has 0 bridgehead atoms. The Kier molecular flexibility index (Phi) is 5.75. The molecule has 6 heteroatoms. The summed E-state index contributed by atoms with van der Waals surface area (Å²) in [5, 5.41) is 14.7. The lowest BCUT2D eigenvalue weighted by atomic mass is 9.98. The highest BCUT2D eigenvalue weighted by Crippen LogP contribution is 2.23. The number of carbonyl (C=O) groups excluding carboxylic acids is 1. The zero-order chi connectivity index (χ0) is 14.5. The number of carbonyl (C=O) groups is 1. The van der Waals surface area contributed by atoms with E-state index in [1.807, 2.05) is 6.92 Å². The summed E-state index contributed by atoms with van der Waals surface area (Å²) < 4.78 is 13.4. The minimum Gasteiger partial charge on any atom is -0.394 e. The predicted octanol–water partition coefficient (Wildman–Crippen LogP) is 3.26. The van der Waals surface area contributed by atoms with Gasteiger partial charge in [0.1, 0.15) is 5.82 Å². The van der Waals surface area contributed by atoms with Crippen LogP contribution >= 0.6 is 15.9 Å². The smallest absolute Gasteiger partial charge is 0.319 e. The fourth-order valence-corrected chi connectivity index (χ4v) is 2.20. The summed E-state index contributed by atoms with van der Waals surface area (Å²) in [5.41, 5.74) is -0.193. The van der Waals surface area contributed by atoms with Crippen molar-refractivity contribution >= 4 is 27.6 Å². The molecule has 1 aromatic rings. The molecular weight excluding hydrogens is 315 g/mol. The third-order valence-corrected chi connectivity index (χ3v) is 3.40. The molecule has 1 atom stereocenters. The second-order valence-corrected chi connectivity index (χ2v) is 5.53. The van der Waals surface area contributed by atoms with E-state index in [1.54, 1.807) is 6.92 Å². The van der Waals surface area contributed by atoms with E-state index in [4.69, 9.17) is 0 Å². The SMILES string of the molecule is CCCC(C)(CO)NC(=O)Nc1ccc(F)cc1Br. The molecule has 0 saturated carbocycles. The van der Waals surface area contributed by atoms with Crippen molar-refractivity contribution in [2.24, 2.45) is 0 Å². The second kappa shape index (κ2) is 6.86. The first-order valence-electron chi connectivity index (χ1n) is 6.05. The van der Waals surface area contributed by atoms with Crippen LogP contribution in [0.2, 0.25) is 0 Å². The fraction of sp³-hybridized carbons (Fsp3) is 0.462. The number of halogens is 2. The van der Waals surface area contributed by atoms with E-state index < -0.39 is 11.6 Å². The molecular formula is C13H18BrFN2O2. The second-order valence-electron chi connectivity index (χ2n) is 4.67. The highest BCUT2D eigenvalue weighted by Gasteiger charge is 2.24. The van der Waals surface area contributed by atoms with Crippen LogP contribution in [0.3, 0.4) is 0 Å². The van der Waals surface area contributed by atoms with Gasteiger partial charge >= 0.3 is 6.03 Å². The average Bonchev–Trinajstić information content (AvgIpc) is 2.33. The van der Waals surface area contributed by atoms with Gasteiger partial charge in [0.05, 0.1) is 17.8 Å². The molecule has 2 amide bonds. The summed E-state index contributed by atoms with van der Waals surface area (Å²) in [5.74, 6) is -0.385. The lowest BCUT2D eigenvalue weighted by Gasteiger charge is -2.28. The van der Waals surface area contributed by atoms with Crippen molar-refractivity contribution in [3.05, 3.63) is 28.5 Å². The summed E-state index contributed by atoms with van der Waals surface area (Å²) in [4.78, 5) is 11.9. The summed E-state index contributed by atoms with van der Waals surface area (Å²) in [7, 11) is 0. The maximum atomic E-state index is 12.9. The highest BCUT2D eigenvalue weighted by atomic mass is 79.9. The molecule has 1 aromatic carbocycles. The zero-order valence-electron chi connectivity index (χ0n) is 11.0. The number of urea groups is 1. The summed E-state index contributed by atoms with van der Waals surface area (Å²) in [6.45, 7) is 3.61. The fourth-order valence-electron chi connectivity index (χ4n) is 1.75. The van der Waals surface area contributed by atoms with Gasteiger partial charge in [0, 0.05) is 4.47 Å². The standard InChI is InChI=1S/C13H18BrFN2O2/c1-3-6-13(2,8-18)17-12(19)16-11-5-4-9(15)7-10(11)14/h4-5,7,18H,3,6,8H2,1-2H3,(H2,16,17,19). The molecule has 0 aromatic heterocycles. The largest absolute Gasteiger partial charge is 0.394 e. The molecule has 0 saturated heterocycles. The number of hydrogen-bond acceptors (Lipinski definition) is 2. The Balaban J connectivity index is 2.69. The van der Waals surface area contributed by atoms with Crippen LogP contribution in [0.25, 0.3) is 0 Å². The highest BCUT2D eigenvalue weighted by molar-refractivity contribution is 9.10. The normalized spacial score (nSPS) is 13.7. The molecule has 3 N–H and O–H groups in total. The Morgan fingerprint density at radius 2 is 2.21 bits per heavy atom. The van der Waals surface area contributed by atoms with Crippen molar-refractivity contribution in [3.8, 4) is 0 Å². The van der Waals surface area contributed by atoms with Crippen molar-refractivity contribution in [1.82, 2.24) is 5.32 Å². The molecule has 4 nitrogen and oxygen atoms in total. The van der Waals surface area contributed by atoms with Crippen LogP contribution in [-0.4, -0.2) is 23.3 Å². The van der Waals surface area contributed by atoms with E-state index in [-0.39, 0.29) is 12.4 Å². The first-order valence-corrected chi connectivity index (χ1v) is 6.84. The number of rotatable bonds is 5. The van der Waals surface area contributed by atoms with E-state index in [0.717, 1.165) is 6.42 Å². The van der Waals surface area contributed by atoms with Crippen molar-refractivity contribution in [1.29, 1.82) is 0 Å². The van der Waals surface area contributed by atoms with Crippen LogP contribution in [0.15, 0.2) is 22.7 Å². The molecule has 106 valence electrons. The molecule has 0 aliphatic carbocycles. The van der Waals surface area contributed by atoms with Crippen LogP contribution in [0.1, 0.15) is 26.7 Å². The van der Waals surface area contributed by atoms with Crippen LogP contribution in [0.4, 0.5) is 14.9 Å². The average molecular weight is 333 g/mol. The Morgan fingerprint density at radius 1 is 1.53 bits per heavy atom. The summed E-state index contributed by atoms with van der Waals surface area (Å²) >= 11 is 3.17. The van der Waals surface area contributed by atoms with Gasteiger partial charge in [0.25, 0.3) is 0 Å². The summed E-state index contributed by atoms with van der Waals surface area (Å²) in [6, 6.07) is 3.57. The van der Waals surface area contributed by atoms with E-state index in [9.17, 15) is 14.3 Å². The molecule has 0 heterocycles. The quantitative estimate of drug-likeness (QED) is 0.775. The van der Waals surface area contributed by atoms with Gasteiger partial charge in [0.2, 0.25) is 0 Å². The third kappa shape index (κ3) is 4.80. The summed E-state index contributed by atoms with van der Waals surface area (Å²) in [6.07, 6.45) is 1.51.